The van der Waals surface area contributed by atoms with Crippen LogP contribution < -0.4 is 16.0 Å². The largest absolute Gasteiger partial charge is 0.445 e. The number of nitrogens with one attached hydrogen (secondary N) is 1. The minimum atomic E-state index is -1.30. The number of para-hydroxylation sites is 2. The molecule has 0 fully saturated rings. The first kappa shape index (κ1) is 22.5. The predicted molar refractivity (Wildman–Crippen MR) is 125 cm³/mol. The van der Waals surface area contributed by atoms with Crippen molar-refractivity contribution in [1.29, 1.82) is 0 Å². The van der Waals surface area contributed by atoms with Crippen molar-refractivity contribution in [3.05, 3.63) is 90.0 Å². The molecule has 3 amide bonds. The average molecular weight is 458 g/mol. The molecule has 3 N–H and O–H groups in total. The van der Waals surface area contributed by atoms with Gasteiger partial charge in [0.1, 0.15) is 12.1 Å². The molecule has 10 heteroatoms. The lowest BCUT2D eigenvalue weighted by Gasteiger charge is -2.25. The zero-order valence-corrected chi connectivity index (χ0v) is 18.3. The number of hydrogen-bond acceptors (Lipinski definition) is 6. The second-order valence-electron chi connectivity index (χ2n) is 7.41. The van der Waals surface area contributed by atoms with Gasteiger partial charge in [-0.05, 0) is 29.8 Å². The fraction of sp³-hybridized carbons (Fsp3) is 0.125. The Labute approximate surface area is 194 Å². The van der Waals surface area contributed by atoms with Crippen LogP contribution >= 0.6 is 0 Å². The van der Waals surface area contributed by atoms with E-state index < -0.39 is 24.1 Å². The Balaban J connectivity index is 1.64. The van der Waals surface area contributed by atoms with Gasteiger partial charge in [0.2, 0.25) is 6.17 Å². The van der Waals surface area contributed by atoms with Crippen LogP contribution in [0.5, 0.6) is 0 Å². The third-order valence-electron chi connectivity index (χ3n) is 5.18. The number of alkyl carbamates (subject to hydrolysis) is 1. The molecule has 1 aromatic heterocycles. The summed E-state index contributed by atoms with van der Waals surface area (Å²) in [6.07, 6.45) is -2.13. The zero-order valence-electron chi connectivity index (χ0n) is 18.3. The molecule has 3 aromatic carbocycles. The monoisotopic (exact) mass is 458 g/mol. The summed E-state index contributed by atoms with van der Waals surface area (Å²) >= 11 is 0. The first-order chi connectivity index (χ1) is 16.5. The van der Waals surface area contributed by atoms with Gasteiger partial charge in [0, 0.05) is 7.05 Å². The lowest BCUT2D eigenvalue weighted by molar-refractivity contribution is -0.122. The van der Waals surface area contributed by atoms with Crippen LogP contribution in [0.3, 0.4) is 0 Å². The van der Waals surface area contributed by atoms with Gasteiger partial charge in [-0.1, -0.05) is 59.8 Å². The molecule has 0 saturated heterocycles. The van der Waals surface area contributed by atoms with Gasteiger partial charge in [-0.15, -0.1) is 5.10 Å². The van der Waals surface area contributed by atoms with Crippen LogP contribution in [-0.4, -0.2) is 39.9 Å². The smallest absolute Gasteiger partial charge is 0.409 e. The molecule has 4 rings (SSSR count). The number of carbonyl (C=O) groups excluding carboxylic acids is 3. The van der Waals surface area contributed by atoms with Gasteiger partial charge in [0.05, 0.1) is 16.8 Å². The molecule has 172 valence electrons. The summed E-state index contributed by atoms with van der Waals surface area (Å²) in [7, 11) is 1.48. The Morgan fingerprint density at radius 2 is 1.68 bits per heavy atom. The number of carbonyl (C=O) groups is 3. The minimum Gasteiger partial charge on any atom is -0.445 e. The van der Waals surface area contributed by atoms with Gasteiger partial charge in [-0.25, -0.2) is 9.48 Å². The standard InChI is InChI=1S/C24H22N6O4/c1-29(19-13-7-5-11-17(19)21(25)31)23(32)22(30-20-14-8-6-12-18(20)27-28-30)26-24(33)34-15-16-9-3-2-4-10-16/h2-14,22H,15H2,1H3,(H2,25,31)(H,26,33). The summed E-state index contributed by atoms with van der Waals surface area (Å²) < 4.78 is 6.61. The second-order valence-corrected chi connectivity index (χ2v) is 7.41. The van der Waals surface area contributed by atoms with E-state index in [2.05, 4.69) is 15.6 Å². The van der Waals surface area contributed by atoms with Crippen molar-refractivity contribution in [2.75, 3.05) is 11.9 Å². The Morgan fingerprint density at radius 1 is 1.00 bits per heavy atom. The SMILES string of the molecule is CN(C(=O)C(NC(=O)OCc1ccccc1)n1nnc2ccccc21)c1ccccc1C(N)=O. The van der Waals surface area contributed by atoms with E-state index in [-0.39, 0.29) is 17.9 Å². The zero-order chi connectivity index (χ0) is 24.1. The Bertz CT molecular complexity index is 1340. The summed E-state index contributed by atoms with van der Waals surface area (Å²) in [5.41, 5.74) is 7.79. The molecule has 0 radical (unpaired) electrons. The summed E-state index contributed by atoms with van der Waals surface area (Å²) in [5.74, 6) is -1.27. The van der Waals surface area contributed by atoms with Crippen molar-refractivity contribution in [3.8, 4) is 0 Å². The van der Waals surface area contributed by atoms with Crippen molar-refractivity contribution >= 4 is 34.6 Å². The van der Waals surface area contributed by atoms with Gasteiger partial charge in [-0.3, -0.25) is 14.9 Å². The van der Waals surface area contributed by atoms with Crippen LogP contribution in [0.2, 0.25) is 0 Å². The van der Waals surface area contributed by atoms with Crippen molar-refractivity contribution in [2.45, 2.75) is 12.8 Å². The molecule has 0 saturated carbocycles. The van der Waals surface area contributed by atoms with E-state index in [1.165, 1.54) is 22.7 Å². The molecule has 0 aliphatic heterocycles. The van der Waals surface area contributed by atoms with Gasteiger partial charge in [-0.2, -0.15) is 0 Å². The highest BCUT2D eigenvalue weighted by Crippen LogP contribution is 2.23. The lowest BCUT2D eigenvalue weighted by atomic mass is 10.1. The van der Waals surface area contributed by atoms with Crippen molar-refractivity contribution in [2.24, 2.45) is 5.73 Å². The highest BCUT2D eigenvalue weighted by Gasteiger charge is 2.31. The maximum absolute atomic E-state index is 13.6. The minimum absolute atomic E-state index is 0.0199. The number of rotatable bonds is 7. The lowest BCUT2D eigenvalue weighted by Crippen LogP contribution is -2.45. The number of hydrogen-bond donors (Lipinski definition) is 2. The van der Waals surface area contributed by atoms with Gasteiger partial charge in [0.15, 0.2) is 0 Å². The summed E-state index contributed by atoms with van der Waals surface area (Å²) in [4.78, 5) is 39.4. The van der Waals surface area contributed by atoms with Gasteiger partial charge >= 0.3 is 6.09 Å². The maximum Gasteiger partial charge on any atom is 0.409 e. The van der Waals surface area contributed by atoms with E-state index in [9.17, 15) is 14.4 Å². The number of anilines is 1. The number of aromatic nitrogens is 3. The Kier molecular flexibility index (Phi) is 6.49. The number of fused-ring (bicyclic) bond motifs is 1. The van der Waals surface area contributed by atoms with Crippen molar-refractivity contribution in [1.82, 2.24) is 20.3 Å². The van der Waals surface area contributed by atoms with E-state index in [0.29, 0.717) is 11.0 Å². The predicted octanol–water partition coefficient (Wildman–Crippen LogP) is 2.62. The number of nitrogens with zero attached hydrogens (tertiary/aromatic N) is 4. The van der Waals surface area contributed by atoms with Crippen molar-refractivity contribution in [3.63, 3.8) is 0 Å². The number of likely N-dealkylation sites (N-methyl/N-ethyl adjacent to an activating group) is 1. The summed E-state index contributed by atoms with van der Waals surface area (Å²) in [5, 5.41) is 10.7. The molecule has 1 atom stereocenters. The molecule has 0 aliphatic rings. The Morgan fingerprint density at radius 3 is 2.44 bits per heavy atom. The van der Waals surface area contributed by atoms with Crippen LogP contribution in [-0.2, 0) is 16.1 Å². The van der Waals surface area contributed by atoms with Crippen LogP contribution in [0, 0.1) is 0 Å². The molecule has 1 heterocycles. The highest BCUT2D eigenvalue weighted by molar-refractivity contribution is 6.05. The maximum atomic E-state index is 13.6. The van der Waals surface area contributed by atoms with Gasteiger partial charge < -0.3 is 15.4 Å². The van der Waals surface area contributed by atoms with Crippen LogP contribution in [0.4, 0.5) is 10.5 Å². The summed E-state index contributed by atoms with van der Waals surface area (Å²) in [6, 6.07) is 22.6. The number of primary amides is 1. The number of ether oxygens (including phenoxy) is 1. The van der Waals surface area contributed by atoms with Crippen LogP contribution in [0.25, 0.3) is 11.0 Å². The third kappa shape index (κ3) is 4.70. The second kappa shape index (κ2) is 9.82. The average Bonchev–Trinajstić information content (AvgIpc) is 3.29. The molecule has 0 aliphatic carbocycles. The first-order valence-corrected chi connectivity index (χ1v) is 10.4. The molecule has 0 bridgehead atoms. The van der Waals surface area contributed by atoms with Crippen LogP contribution in [0.1, 0.15) is 22.1 Å². The fourth-order valence-electron chi connectivity index (χ4n) is 3.46. The molecular weight excluding hydrogens is 436 g/mol. The van der Waals surface area contributed by atoms with Gasteiger partial charge in [0.25, 0.3) is 11.8 Å². The highest BCUT2D eigenvalue weighted by atomic mass is 16.5. The molecule has 4 aromatic rings. The summed E-state index contributed by atoms with van der Waals surface area (Å²) in [6.45, 7) is 0.0199. The van der Waals surface area contributed by atoms with Crippen LogP contribution in [0.15, 0.2) is 78.9 Å². The molecule has 10 nitrogen and oxygen atoms in total. The number of nitrogens with two attached hydrogens (primary N) is 1. The molecule has 34 heavy (non-hydrogen) atoms. The first-order valence-electron chi connectivity index (χ1n) is 10.4. The van der Waals surface area contributed by atoms with E-state index in [1.54, 1.807) is 42.5 Å². The van der Waals surface area contributed by atoms with E-state index in [4.69, 9.17) is 10.5 Å². The topological polar surface area (TPSA) is 132 Å². The third-order valence-corrected chi connectivity index (χ3v) is 5.18. The molecule has 0 spiro atoms. The normalized spacial score (nSPS) is 11.6. The number of amides is 3. The fourth-order valence-corrected chi connectivity index (χ4v) is 3.46. The van der Waals surface area contributed by atoms with E-state index in [0.717, 1.165) is 5.56 Å². The molecule has 1 unspecified atom stereocenters. The molecular formula is C24H22N6O4. The van der Waals surface area contributed by atoms with Crippen molar-refractivity contribution < 1.29 is 19.1 Å². The Hall–Kier alpha value is -4.73. The quantitative estimate of drug-likeness (QED) is 0.437. The van der Waals surface area contributed by atoms with E-state index in [1.807, 2.05) is 30.3 Å². The number of benzene rings is 3. The van der Waals surface area contributed by atoms with E-state index >= 15 is 0 Å².